The fraction of sp³-hybridized carbons (Fsp3) is 0.800. The molecule has 7 heteroatoms. The molecule has 0 radical (unpaired) electrons. The Morgan fingerprint density at radius 2 is 1.50 bits per heavy atom. The monoisotopic (exact) mass is 315 g/mol. The van der Waals surface area contributed by atoms with Crippen LogP contribution >= 0.6 is 0 Å². The Morgan fingerprint density at radius 1 is 1.00 bits per heavy atom. The van der Waals surface area contributed by atoms with E-state index in [1.807, 2.05) is 0 Å². The molecule has 22 heavy (non-hydrogen) atoms. The number of carbonyl (C=O) groups is 3. The summed E-state index contributed by atoms with van der Waals surface area (Å²) < 4.78 is 15.1. The summed E-state index contributed by atoms with van der Waals surface area (Å²) >= 11 is 0. The third kappa shape index (κ3) is 4.61. The lowest BCUT2D eigenvalue weighted by atomic mass is 10.1. The van der Waals surface area contributed by atoms with Gasteiger partial charge in [0.2, 0.25) is 0 Å². The van der Waals surface area contributed by atoms with Crippen LogP contribution in [0, 0.1) is 5.92 Å². The Morgan fingerprint density at radius 3 is 1.91 bits per heavy atom. The van der Waals surface area contributed by atoms with Gasteiger partial charge in [0.15, 0.2) is 5.54 Å². The first-order chi connectivity index (χ1) is 9.81. The molecule has 1 aliphatic carbocycles. The third-order valence-electron chi connectivity index (χ3n) is 2.93. The van der Waals surface area contributed by atoms with Crippen molar-refractivity contribution in [1.29, 1.82) is 0 Å². The smallest absolute Gasteiger partial charge is 0.408 e. The summed E-state index contributed by atoms with van der Waals surface area (Å²) in [4.78, 5) is 36.0. The lowest BCUT2D eigenvalue weighted by molar-refractivity contribution is -0.161. The zero-order chi connectivity index (χ0) is 17.3. The van der Waals surface area contributed by atoms with E-state index in [4.69, 9.17) is 9.47 Å². The van der Waals surface area contributed by atoms with Crippen molar-refractivity contribution in [3.8, 4) is 0 Å². The topological polar surface area (TPSA) is 90.9 Å². The summed E-state index contributed by atoms with van der Waals surface area (Å²) in [6.07, 6.45) is -0.641. The van der Waals surface area contributed by atoms with E-state index in [0.29, 0.717) is 0 Å². The standard InChI is InChI=1S/C15H25NO6/c1-13(2,3)21-11(18)15(8-9(15)10(17)20-7)16-12(19)22-14(4,5)6/h9H,8H2,1-7H3,(H,16,19)/t9-,15+/m0/s1. The van der Waals surface area contributed by atoms with Gasteiger partial charge in [-0.2, -0.15) is 0 Å². The van der Waals surface area contributed by atoms with E-state index in [-0.39, 0.29) is 6.42 Å². The van der Waals surface area contributed by atoms with Crippen molar-refractivity contribution in [2.75, 3.05) is 7.11 Å². The summed E-state index contributed by atoms with van der Waals surface area (Å²) in [5.74, 6) is -2.00. The molecule has 126 valence electrons. The number of esters is 2. The van der Waals surface area contributed by atoms with Crippen LogP contribution in [-0.2, 0) is 23.8 Å². The van der Waals surface area contributed by atoms with Crippen LogP contribution in [-0.4, -0.2) is 41.9 Å². The third-order valence-corrected chi connectivity index (χ3v) is 2.93. The molecule has 7 nitrogen and oxygen atoms in total. The van der Waals surface area contributed by atoms with Gasteiger partial charge in [0.1, 0.15) is 11.2 Å². The molecule has 1 aliphatic rings. The highest BCUT2D eigenvalue weighted by Gasteiger charge is 2.67. The Kier molecular flexibility index (Phi) is 4.79. The van der Waals surface area contributed by atoms with E-state index in [9.17, 15) is 14.4 Å². The van der Waals surface area contributed by atoms with E-state index in [1.54, 1.807) is 41.5 Å². The minimum absolute atomic E-state index is 0.133. The van der Waals surface area contributed by atoms with Gasteiger partial charge in [-0.05, 0) is 48.0 Å². The highest BCUT2D eigenvalue weighted by Crippen LogP contribution is 2.46. The molecule has 0 spiro atoms. The number of carbonyl (C=O) groups excluding carboxylic acids is 3. The normalized spacial score (nSPS) is 24.2. The molecule has 0 aromatic carbocycles. The number of hydrogen-bond donors (Lipinski definition) is 1. The van der Waals surface area contributed by atoms with Crippen LogP contribution in [0.4, 0.5) is 4.79 Å². The molecule has 1 N–H and O–H groups in total. The van der Waals surface area contributed by atoms with Crippen molar-refractivity contribution in [2.24, 2.45) is 5.92 Å². The first-order valence-electron chi connectivity index (χ1n) is 7.13. The predicted octanol–water partition coefficient (Wildman–Crippen LogP) is 1.78. The molecule has 0 bridgehead atoms. The van der Waals surface area contributed by atoms with Gasteiger partial charge in [-0.25, -0.2) is 9.59 Å². The van der Waals surface area contributed by atoms with Gasteiger partial charge < -0.3 is 19.5 Å². The largest absolute Gasteiger partial charge is 0.469 e. The van der Waals surface area contributed by atoms with Crippen LogP contribution in [0.15, 0.2) is 0 Å². The van der Waals surface area contributed by atoms with Crippen LogP contribution in [0.3, 0.4) is 0 Å². The predicted molar refractivity (Wildman–Crippen MR) is 78.1 cm³/mol. The molecule has 0 unspecified atom stereocenters. The molecular formula is C15H25NO6. The maximum absolute atomic E-state index is 12.4. The second-order valence-corrected chi connectivity index (χ2v) is 7.38. The fourth-order valence-electron chi connectivity index (χ4n) is 1.96. The Hall–Kier alpha value is -1.79. The number of amides is 1. The zero-order valence-electron chi connectivity index (χ0n) is 14.2. The Labute approximate surface area is 130 Å². The second-order valence-electron chi connectivity index (χ2n) is 7.38. The van der Waals surface area contributed by atoms with Crippen LogP contribution in [0.1, 0.15) is 48.0 Å². The van der Waals surface area contributed by atoms with Gasteiger partial charge in [-0.3, -0.25) is 4.79 Å². The van der Waals surface area contributed by atoms with E-state index in [1.165, 1.54) is 7.11 Å². The van der Waals surface area contributed by atoms with Gasteiger partial charge >= 0.3 is 18.0 Å². The summed E-state index contributed by atoms with van der Waals surface area (Å²) in [5, 5.41) is 2.48. The summed E-state index contributed by atoms with van der Waals surface area (Å²) in [6, 6.07) is 0. The maximum Gasteiger partial charge on any atom is 0.408 e. The van der Waals surface area contributed by atoms with Gasteiger partial charge in [0, 0.05) is 0 Å². The quantitative estimate of drug-likeness (QED) is 0.630. The fourth-order valence-corrected chi connectivity index (χ4v) is 1.96. The second kappa shape index (κ2) is 5.78. The van der Waals surface area contributed by atoms with Gasteiger partial charge in [-0.15, -0.1) is 0 Å². The van der Waals surface area contributed by atoms with Crippen LogP contribution in [0.2, 0.25) is 0 Å². The Bertz CT molecular complexity index is 473. The number of nitrogens with one attached hydrogen (secondary N) is 1. The van der Waals surface area contributed by atoms with E-state index in [2.05, 4.69) is 10.1 Å². The molecule has 0 saturated heterocycles. The average molecular weight is 315 g/mol. The first-order valence-corrected chi connectivity index (χ1v) is 7.13. The molecule has 1 rings (SSSR count). The summed E-state index contributed by atoms with van der Waals surface area (Å²) in [6.45, 7) is 10.2. The van der Waals surface area contributed by atoms with Gasteiger partial charge in [-0.1, -0.05) is 0 Å². The number of methoxy groups -OCH3 is 1. The highest BCUT2D eigenvalue weighted by atomic mass is 16.6. The molecule has 2 atom stereocenters. The number of ether oxygens (including phenoxy) is 3. The van der Waals surface area contributed by atoms with Crippen LogP contribution in [0.5, 0.6) is 0 Å². The first kappa shape index (κ1) is 18.3. The molecule has 0 aromatic rings. The number of alkyl carbamates (subject to hydrolysis) is 1. The lowest BCUT2D eigenvalue weighted by Gasteiger charge is -2.26. The van der Waals surface area contributed by atoms with Crippen molar-refractivity contribution >= 4 is 18.0 Å². The molecular weight excluding hydrogens is 290 g/mol. The number of hydrogen-bond acceptors (Lipinski definition) is 6. The molecule has 1 amide bonds. The van der Waals surface area contributed by atoms with Crippen molar-refractivity contribution < 1.29 is 28.6 Å². The summed E-state index contributed by atoms with van der Waals surface area (Å²) in [7, 11) is 1.23. The molecule has 0 heterocycles. The van der Waals surface area contributed by atoms with Crippen molar-refractivity contribution in [2.45, 2.75) is 64.7 Å². The average Bonchev–Trinajstić information content (AvgIpc) is 2.98. The zero-order valence-corrected chi connectivity index (χ0v) is 14.2. The van der Waals surface area contributed by atoms with Gasteiger partial charge in [0.25, 0.3) is 0 Å². The Balaban J connectivity index is 2.89. The van der Waals surface area contributed by atoms with E-state index in [0.717, 1.165) is 0 Å². The maximum atomic E-state index is 12.4. The minimum atomic E-state index is -1.41. The van der Waals surface area contributed by atoms with Crippen LogP contribution in [0.25, 0.3) is 0 Å². The van der Waals surface area contributed by atoms with Gasteiger partial charge in [0.05, 0.1) is 13.0 Å². The van der Waals surface area contributed by atoms with Crippen molar-refractivity contribution in [3.05, 3.63) is 0 Å². The summed E-state index contributed by atoms with van der Waals surface area (Å²) in [5.41, 5.74) is -2.86. The molecule has 1 fully saturated rings. The van der Waals surface area contributed by atoms with Crippen LogP contribution < -0.4 is 5.32 Å². The van der Waals surface area contributed by atoms with E-state index >= 15 is 0 Å². The van der Waals surface area contributed by atoms with E-state index < -0.39 is 40.7 Å². The van der Waals surface area contributed by atoms with Crippen molar-refractivity contribution in [1.82, 2.24) is 5.32 Å². The minimum Gasteiger partial charge on any atom is -0.469 e. The molecule has 1 saturated carbocycles. The highest BCUT2D eigenvalue weighted by molar-refractivity contribution is 5.97. The molecule has 0 aromatic heterocycles. The van der Waals surface area contributed by atoms with Crippen molar-refractivity contribution in [3.63, 3.8) is 0 Å². The molecule has 0 aliphatic heterocycles. The SMILES string of the molecule is COC(=O)[C@@H]1C[C@]1(NC(=O)OC(C)(C)C)C(=O)OC(C)(C)C. The number of rotatable bonds is 3. The lowest BCUT2D eigenvalue weighted by Crippen LogP contribution is -2.50.